The SMILES string of the molecule is COc1cc(C(=O)OC(C)C(=O)Nc2ccc(Cl)cc2C(F)(F)F)cc(OC)c1OC. The first-order valence-corrected chi connectivity index (χ1v) is 9.08. The van der Waals surface area contributed by atoms with Gasteiger partial charge in [-0.25, -0.2) is 4.79 Å². The molecule has 0 saturated carbocycles. The molecule has 0 aliphatic heterocycles. The molecule has 168 valence electrons. The van der Waals surface area contributed by atoms with E-state index in [2.05, 4.69) is 5.32 Å². The van der Waals surface area contributed by atoms with Crippen LogP contribution >= 0.6 is 11.6 Å². The van der Waals surface area contributed by atoms with E-state index in [0.29, 0.717) is 6.07 Å². The number of ether oxygens (including phenoxy) is 4. The van der Waals surface area contributed by atoms with Crippen molar-refractivity contribution >= 4 is 29.2 Å². The van der Waals surface area contributed by atoms with Gasteiger partial charge in [0.1, 0.15) is 0 Å². The summed E-state index contributed by atoms with van der Waals surface area (Å²) < 4.78 is 60.1. The van der Waals surface area contributed by atoms with E-state index < -0.39 is 35.4 Å². The number of hydrogen-bond donors (Lipinski definition) is 1. The van der Waals surface area contributed by atoms with Gasteiger partial charge in [0.25, 0.3) is 5.91 Å². The van der Waals surface area contributed by atoms with Crippen LogP contribution in [0.25, 0.3) is 0 Å². The third-order valence-corrected chi connectivity index (χ3v) is 4.33. The van der Waals surface area contributed by atoms with Gasteiger partial charge in [-0.05, 0) is 37.3 Å². The van der Waals surface area contributed by atoms with Crippen LogP contribution < -0.4 is 19.5 Å². The molecule has 0 aromatic heterocycles. The number of carbonyl (C=O) groups is 2. The summed E-state index contributed by atoms with van der Waals surface area (Å²) in [5.41, 5.74) is -1.66. The normalized spacial score (nSPS) is 12.0. The number of rotatable bonds is 7. The Morgan fingerprint density at radius 1 is 1.00 bits per heavy atom. The highest BCUT2D eigenvalue weighted by Crippen LogP contribution is 2.39. The van der Waals surface area contributed by atoms with Crippen LogP contribution in [0.2, 0.25) is 5.02 Å². The van der Waals surface area contributed by atoms with Crippen molar-refractivity contribution in [1.82, 2.24) is 0 Å². The molecule has 1 unspecified atom stereocenters. The maximum absolute atomic E-state index is 13.2. The topological polar surface area (TPSA) is 83.1 Å². The number of carbonyl (C=O) groups excluding carboxylic acids is 2. The van der Waals surface area contributed by atoms with Gasteiger partial charge in [0.05, 0.1) is 38.1 Å². The molecule has 0 spiro atoms. The van der Waals surface area contributed by atoms with E-state index in [9.17, 15) is 22.8 Å². The molecule has 0 aliphatic carbocycles. The van der Waals surface area contributed by atoms with Crippen molar-refractivity contribution in [1.29, 1.82) is 0 Å². The fourth-order valence-electron chi connectivity index (χ4n) is 2.58. The molecular formula is C20H19ClF3NO6. The fraction of sp³-hybridized carbons (Fsp3) is 0.300. The Kier molecular flexibility index (Phi) is 7.61. The predicted molar refractivity (Wildman–Crippen MR) is 106 cm³/mol. The Morgan fingerprint density at radius 3 is 2.06 bits per heavy atom. The number of esters is 1. The Morgan fingerprint density at radius 2 is 1.58 bits per heavy atom. The molecule has 2 aromatic carbocycles. The summed E-state index contributed by atoms with van der Waals surface area (Å²) in [7, 11) is 4.09. The lowest BCUT2D eigenvalue weighted by Gasteiger charge is -2.18. The number of amides is 1. The molecule has 1 atom stereocenters. The van der Waals surface area contributed by atoms with Gasteiger partial charge in [0, 0.05) is 5.02 Å². The number of methoxy groups -OCH3 is 3. The van der Waals surface area contributed by atoms with Crippen LogP contribution in [-0.4, -0.2) is 39.3 Å². The first-order chi connectivity index (χ1) is 14.5. The number of halogens is 4. The van der Waals surface area contributed by atoms with Crippen molar-refractivity contribution in [2.24, 2.45) is 0 Å². The van der Waals surface area contributed by atoms with Crippen molar-refractivity contribution in [2.45, 2.75) is 19.2 Å². The largest absolute Gasteiger partial charge is 0.493 e. The zero-order chi connectivity index (χ0) is 23.3. The predicted octanol–water partition coefficient (Wildman–Crippen LogP) is 4.57. The van der Waals surface area contributed by atoms with Crippen LogP contribution in [0.4, 0.5) is 18.9 Å². The molecule has 0 bridgehead atoms. The van der Waals surface area contributed by atoms with Gasteiger partial charge >= 0.3 is 12.1 Å². The van der Waals surface area contributed by atoms with Crippen LogP contribution in [-0.2, 0) is 15.7 Å². The van der Waals surface area contributed by atoms with Gasteiger partial charge in [-0.2, -0.15) is 13.2 Å². The standard InChI is InChI=1S/C20H19ClF3NO6/c1-10(18(26)25-14-6-5-12(21)9-13(14)20(22,23)24)31-19(27)11-7-15(28-2)17(30-4)16(8-11)29-3/h5-10H,1-4H3,(H,25,26). The van der Waals surface area contributed by atoms with Crippen molar-refractivity contribution < 1.29 is 41.7 Å². The first-order valence-electron chi connectivity index (χ1n) is 8.70. The molecular weight excluding hydrogens is 443 g/mol. The zero-order valence-electron chi connectivity index (χ0n) is 16.9. The van der Waals surface area contributed by atoms with Crippen LogP contribution in [0.1, 0.15) is 22.8 Å². The highest BCUT2D eigenvalue weighted by molar-refractivity contribution is 6.30. The molecule has 11 heteroatoms. The van der Waals surface area contributed by atoms with E-state index in [1.807, 2.05) is 0 Å². The average Bonchev–Trinajstić information content (AvgIpc) is 2.72. The third kappa shape index (κ3) is 5.72. The Labute approximate surface area is 181 Å². The molecule has 7 nitrogen and oxygen atoms in total. The summed E-state index contributed by atoms with van der Waals surface area (Å²) in [6.45, 7) is 1.22. The van der Waals surface area contributed by atoms with Gasteiger partial charge in [0.15, 0.2) is 17.6 Å². The van der Waals surface area contributed by atoms with Crippen LogP contribution in [0.5, 0.6) is 17.2 Å². The quantitative estimate of drug-likeness (QED) is 0.608. The van der Waals surface area contributed by atoms with E-state index in [0.717, 1.165) is 6.07 Å². The molecule has 0 fully saturated rings. The smallest absolute Gasteiger partial charge is 0.418 e. The number of anilines is 1. The van der Waals surface area contributed by atoms with Crippen molar-refractivity contribution in [3.8, 4) is 17.2 Å². The maximum Gasteiger partial charge on any atom is 0.418 e. The molecule has 1 amide bonds. The Balaban J connectivity index is 2.20. The summed E-state index contributed by atoms with van der Waals surface area (Å²) in [5, 5.41) is 1.95. The van der Waals surface area contributed by atoms with E-state index in [4.69, 9.17) is 30.5 Å². The lowest BCUT2D eigenvalue weighted by molar-refractivity contribution is -0.137. The summed E-state index contributed by atoms with van der Waals surface area (Å²) >= 11 is 5.62. The van der Waals surface area contributed by atoms with Gasteiger partial charge in [-0.15, -0.1) is 0 Å². The minimum atomic E-state index is -4.75. The average molecular weight is 462 g/mol. The first kappa shape index (κ1) is 24.1. The second-order valence-electron chi connectivity index (χ2n) is 6.14. The minimum Gasteiger partial charge on any atom is -0.493 e. The van der Waals surface area contributed by atoms with E-state index in [1.165, 1.54) is 46.5 Å². The van der Waals surface area contributed by atoms with E-state index in [-0.39, 0.29) is 27.8 Å². The molecule has 0 heterocycles. The number of hydrogen-bond acceptors (Lipinski definition) is 6. The molecule has 2 aromatic rings. The third-order valence-electron chi connectivity index (χ3n) is 4.10. The monoisotopic (exact) mass is 461 g/mol. The number of benzene rings is 2. The molecule has 31 heavy (non-hydrogen) atoms. The van der Waals surface area contributed by atoms with Crippen LogP contribution in [0.3, 0.4) is 0 Å². The lowest BCUT2D eigenvalue weighted by Crippen LogP contribution is -2.30. The lowest BCUT2D eigenvalue weighted by atomic mass is 10.1. The van der Waals surface area contributed by atoms with Crippen LogP contribution in [0, 0.1) is 0 Å². The van der Waals surface area contributed by atoms with E-state index in [1.54, 1.807) is 0 Å². The summed E-state index contributed by atoms with van der Waals surface area (Å²) in [6, 6.07) is 5.52. The van der Waals surface area contributed by atoms with Crippen LogP contribution in [0.15, 0.2) is 30.3 Å². The highest BCUT2D eigenvalue weighted by Gasteiger charge is 2.35. The summed E-state index contributed by atoms with van der Waals surface area (Å²) in [5.74, 6) is -1.28. The zero-order valence-corrected chi connectivity index (χ0v) is 17.7. The number of alkyl halides is 3. The second kappa shape index (κ2) is 9.78. The molecule has 0 aliphatic rings. The van der Waals surface area contributed by atoms with Gasteiger partial charge in [-0.1, -0.05) is 11.6 Å². The van der Waals surface area contributed by atoms with Gasteiger partial charge in [-0.3, -0.25) is 4.79 Å². The number of nitrogens with one attached hydrogen (secondary N) is 1. The van der Waals surface area contributed by atoms with Crippen molar-refractivity contribution in [3.63, 3.8) is 0 Å². The van der Waals surface area contributed by atoms with Gasteiger partial charge < -0.3 is 24.3 Å². The molecule has 0 saturated heterocycles. The molecule has 2 rings (SSSR count). The summed E-state index contributed by atoms with van der Waals surface area (Å²) in [6.07, 6.45) is -6.16. The fourth-order valence-corrected chi connectivity index (χ4v) is 2.75. The highest BCUT2D eigenvalue weighted by atomic mass is 35.5. The van der Waals surface area contributed by atoms with E-state index >= 15 is 0 Å². The Hall–Kier alpha value is -3.14. The summed E-state index contributed by atoms with van der Waals surface area (Å²) in [4.78, 5) is 24.8. The molecule has 0 radical (unpaired) electrons. The minimum absolute atomic E-state index is 0.0170. The maximum atomic E-state index is 13.2. The van der Waals surface area contributed by atoms with Gasteiger partial charge in [0.2, 0.25) is 5.75 Å². The molecule has 1 N–H and O–H groups in total. The van der Waals surface area contributed by atoms with Crippen molar-refractivity contribution in [2.75, 3.05) is 26.6 Å². The second-order valence-corrected chi connectivity index (χ2v) is 6.57. The van der Waals surface area contributed by atoms with Crippen molar-refractivity contribution in [3.05, 3.63) is 46.5 Å². The Bertz CT molecular complexity index is 955.